The minimum Gasteiger partial charge on any atom is -0.384 e. The van der Waals surface area contributed by atoms with Crippen LogP contribution in [0.5, 0.6) is 0 Å². The average molecular weight is 346 g/mol. The molecule has 2 aromatic carbocycles. The molecular weight excluding hydrogens is 326 g/mol. The number of hydrogen-bond acceptors (Lipinski definition) is 3. The summed E-state index contributed by atoms with van der Waals surface area (Å²) in [4.78, 5) is 12.6. The SMILES string of the molecule is CCOC(C(=O)N(Cl)Cc1ccc(C(=N)N)cc1)c1ccccc1. The number of hydrogen-bond donors (Lipinski definition) is 2. The van der Waals surface area contributed by atoms with Crippen molar-refractivity contribution in [3.63, 3.8) is 0 Å². The second-order valence-electron chi connectivity index (χ2n) is 5.22. The van der Waals surface area contributed by atoms with Crippen molar-refractivity contribution in [3.8, 4) is 0 Å². The van der Waals surface area contributed by atoms with E-state index in [1.54, 1.807) is 24.3 Å². The van der Waals surface area contributed by atoms with Crippen molar-refractivity contribution < 1.29 is 9.53 Å². The van der Waals surface area contributed by atoms with Gasteiger partial charge in [-0.15, -0.1) is 0 Å². The zero-order chi connectivity index (χ0) is 17.5. The Balaban J connectivity index is 2.10. The number of nitrogen functional groups attached to an aromatic ring is 1. The van der Waals surface area contributed by atoms with Crippen molar-refractivity contribution >= 4 is 23.5 Å². The summed E-state index contributed by atoms with van der Waals surface area (Å²) in [6.45, 7) is 2.47. The van der Waals surface area contributed by atoms with Gasteiger partial charge in [0.05, 0.1) is 6.54 Å². The summed E-state index contributed by atoms with van der Waals surface area (Å²) in [7, 11) is 0. The van der Waals surface area contributed by atoms with Crippen molar-refractivity contribution in [2.75, 3.05) is 6.61 Å². The van der Waals surface area contributed by atoms with Crippen LogP contribution in [-0.2, 0) is 16.1 Å². The molecule has 1 amide bonds. The van der Waals surface area contributed by atoms with Gasteiger partial charge >= 0.3 is 0 Å². The van der Waals surface area contributed by atoms with Gasteiger partial charge in [-0.05, 0) is 18.1 Å². The van der Waals surface area contributed by atoms with E-state index in [1.165, 1.54) is 0 Å². The van der Waals surface area contributed by atoms with Gasteiger partial charge in [-0.25, -0.2) is 4.42 Å². The normalized spacial score (nSPS) is 11.8. The maximum atomic E-state index is 12.6. The van der Waals surface area contributed by atoms with E-state index >= 15 is 0 Å². The first-order valence-electron chi connectivity index (χ1n) is 7.60. The van der Waals surface area contributed by atoms with Crippen molar-refractivity contribution in [2.24, 2.45) is 5.73 Å². The minimum absolute atomic E-state index is 0.000781. The molecule has 0 aliphatic rings. The number of benzene rings is 2. The standard InChI is InChI=1S/C18H20ClN3O2/c1-2-24-16(14-6-4-3-5-7-14)18(23)22(19)12-13-8-10-15(11-9-13)17(20)21/h3-11,16H,2,12H2,1H3,(H3,20,21). The molecule has 0 bridgehead atoms. The van der Waals surface area contributed by atoms with Crippen LogP contribution in [-0.4, -0.2) is 22.8 Å². The molecule has 0 heterocycles. The Morgan fingerprint density at radius 3 is 2.38 bits per heavy atom. The summed E-state index contributed by atoms with van der Waals surface area (Å²) in [6.07, 6.45) is -0.731. The highest BCUT2D eigenvalue weighted by Gasteiger charge is 2.25. The Labute approximate surface area is 146 Å². The fourth-order valence-electron chi connectivity index (χ4n) is 2.26. The number of nitrogens with one attached hydrogen (secondary N) is 1. The molecule has 0 fully saturated rings. The smallest absolute Gasteiger partial charge is 0.270 e. The van der Waals surface area contributed by atoms with Gasteiger partial charge in [-0.2, -0.15) is 0 Å². The molecule has 1 atom stereocenters. The first-order valence-corrected chi connectivity index (χ1v) is 7.93. The lowest BCUT2D eigenvalue weighted by Gasteiger charge is -2.22. The molecule has 2 aromatic rings. The summed E-state index contributed by atoms with van der Waals surface area (Å²) >= 11 is 6.19. The summed E-state index contributed by atoms with van der Waals surface area (Å²) in [5, 5.41) is 7.38. The van der Waals surface area contributed by atoms with Gasteiger partial charge < -0.3 is 10.5 Å². The van der Waals surface area contributed by atoms with Crippen molar-refractivity contribution in [1.29, 1.82) is 5.41 Å². The number of amides is 1. The van der Waals surface area contributed by atoms with Crippen LogP contribution >= 0.6 is 11.8 Å². The van der Waals surface area contributed by atoms with E-state index in [9.17, 15) is 4.79 Å². The van der Waals surface area contributed by atoms with E-state index in [1.807, 2.05) is 37.3 Å². The summed E-state index contributed by atoms with van der Waals surface area (Å²) < 4.78 is 6.70. The van der Waals surface area contributed by atoms with Crippen LogP contribution in [0.2, 0.25) is 0 Å². The maximum absolute atomic E-state index is 12.6. The molecule has 0 aromatic heterocycles. The predicted molar refractivity (Wildman–Crippen MR) is 94.7 cm³/mol. The van der Waals surface area contributed by atoms with Gasteiger partial charge in [0.15, 0.2) is 6.10 Å². The number of halogens is 1. The van der Waals surface area contributed by atoms with E-state index in [4.69, 9.17) is 27.7 Å². The zero-order valence-electron chi connectivity index (χ0n) is 13.4. The van der Waals surface area contributed by atoms with Gasteiger partial charge in [-0.3, -0.25) is 10.2 Å². The Kier molecular flexibility index (Phi) is 6.35. The lowest BCUT2D eigenvalue weighted by molar-refractivity contribution is -0.139. The molecule has 0 spiro atoms. The lowest BCUT2D eigenvalue weighted by atomic mass is 10.1. The quantitative estimate of drug-likeness (QED) is 0.459. The summed E-state index contributed by atoms with van der Waals surface area (Å²) in [5.74, 6) is -0.318. The lowest BCUT2D eigenvalue weighted by Crippen LogP contribution is -2.29. The molecule has 24 heavy (non-hydrogen) atoms. The van der Waals surface area contributed by atoms with Crippen LogP contribution in [0.25, 0.3) is 0 Å². The van der Waals surface area contributed by atoms with Crippen molar-refractivity contribution in [3.05, 3.63) is 71.3 Å². The maximum Gasteiger partial charge on any atom is 0.270 e. The fourth-order valence-corrected chi connectivity index (χ4v) is 2.49. The molecule has 1 unspecified atom stereocenters. The van der Waals surface area contributed by atoms with Gasteiger partial charge in [-0.1, -0.05) is 54.6 Å². The minimum atomic E-state index is -0.731. The molecule has 3 N–H and O–H groups in total. The average Bonchev–Trinajstić information content (AvgIpc) is 2.60. The second-order valence-corrected chi connectivity index (χ2v) is 5.62. The van der Waals surface area contributed by atoms with Gasteiger partial charge in [0.1, 0.15) is 5.84 Å². The third kappa shape index (κ3) is 4.57. The van der Waals surface area contributed by atoms with Crippen LogP contribution in [0.15, 0.2) is 54.6 Å². The molecule has 0 radical (unpaired) electrons. The molecular formula is C18H20ClN3O2. The highest BCUT2D eigenvalue weighted by atomic mass is 35.5. The van der Waals surface area contributed by atoms with Crippen LogP contribution in [0.3, 0.4) is 0 Å². The molecule has 0 saturated heterocycles. The first kappa shape index (κ1) is 18.0. The third-order valence-corrected chi connectivity index (χ3v) is 3.77. The number of ether oxygens (including phenoxy) is 1. The molecule has 0 aliphatic heterocycles. The van der Waals surface area contributed by atoms with Crippen LogP contribution in [0, 0.1) is 5.41 Å². The van der Waals surface area contributed by atoms with Gasteiger partial charge in [0.2, 0.25) is 0 Å². The van der Waals surface area contributed by atoms with Crippen LogP contribution in [0.1, 0.15) is 29.7 Å². The Bertz CT molecular complexity index is 689. The van der Waals surface area contributed by atoms with E-state index in [-0.39, 0.29) is 18.3 Å². The fraction of sp³-hybridized carbons (Fsp3) is 0.222. The molecule has 0 aliphatic carbocycles. The Morgan fingerprint density at radius 2 is 1.83 bits per heavy atom. The topological polar surface area (TPSA) is 79.4 Å². The second kappa shape index (κ2) is 8.47. The molecule has 6 heteroatoms. The van der Waals surface area contributed by atoms with E-state index in [2.05, 4.69) is 0 Å². The monoisotopic (exact) mass is 345 g/mol. The summed E-state index contributed by atoms with van der Waals surface area (Å²) in [5.41, 5.74) is 7.66. The number of nitrogens with zero attached hydrogens (tertiary/aromatic N) is 1. The number of nitrogens with two attached hydrogens (primary N) is 1. The Hall–Kier alpha value is -2.37. The van der Waals surface area contributed by atoms with E-state index < -0.39 is 6.10 Å². The van der Waals surface area contributed by atoms with E-state index in [0.717, 1.165) is 15.5 Å². The molecule has 5 nitrogen and oxygen atoms in total. The van der Waals surface area contributed by atoms with Crippen LogP contribution < -0.4 is 5.73 Å². The van der Waals surface area contributed by atoms with Gasteiger partial charge in [0.25, 0.3) is 5.91 Å². The zero-order valence-corrected chi connectivity index (χ0v) is 14.2. The highest BCUT2D eigenvalue weighted by molar-refractivity contribution is 6.21. The highest BCUT2D eigenvalue weighted by Crippen LogP contribution is 2.22. The third-order valence-electron chi connectivity index (χ3n) is 3.49. The predicted octanol–water partition coefficient (Wildman–Crippen LogP) is 3.23. The largest absolute Gasteiger partial charge is 0.384 e. The molecule has 2 rings (SSSR count). The number of carbonyl (C=O) groups is 1. The number of carbonyl (C=O) groups excluding carboxylic acids is 1. The van der Waals surface area contributed by atoms with Crippen molar-refractivity contribution in [1.82, 2.24) is 4.42 Å². The molecule has 126 valence electrons. The molecule has 0 saturated carbocycles. The van der Waals surface area contributed by atoms with Crippen molar-refractivity contribution in [2.45, 2.75) is 19.6 Å². The van der Waals surface area contributed by atoms with Crippen LogP contribution in [0.4, 0.5) is 0 Å². The van der Waals surface area contributed by atoms with E-state index in [0.29, 0.717) is 12.2 Å². The van der Waals surface area contributed by atoms with Gasteiger partial charge in [0, 0.05) is 23.9 Å². The number of amidine groups is 1. The summed E-state index contributed by atoms with van der Waals surface area (Å²) in [6, 6.07) is 16.3. The first-order chi connectivity index (χ1) is 11.5. The Morgan fingerprint density at radius 1 is 1.21 bits per heavy atom. The number of rotatable bonds is 7.